The van der Waals surface area contributed by atoms with Gasteiger partial charge in [0.2, 0.25) is 0 Å². The predicted octanol–water partition coefficient (Wildman–Crippen LogP) is 8.23. The van der Waals surface area contributed by atoms with Gasteiger partial charge in [-0.2, -0.15) is 11.8 Å². The molecule has 0 saturated heterocycles. The summed E-state index contributed by atoms with van der Waals surface area (Å²) in [6, 6.07) is 16.9. The van der Waals surface area contributed by atoms with Crippen molar-refractivity contribution < 1.29 is 4.74 Å². The Labute approximate surface area is 257 Å². The average Bonchev–Trinajstić information content (AvgIpc) is 3.03. The molecule has 1 heterocycles. The Hall–Kier alpha value is -2.57. The highest BCUT2D eigenvalue weighted by molar-refractivity contribution is 7.99. The Morgan fingerprint density at radius 3 is 2.48 bits per heavy atom. The molecule has 2 aromatic carbocycles. The lowest BCUT2D eigenvalue weighted by Gasteiger charge is -2.37. The first-order chi connectivity index (χ1) is 20.5. The van der Waals surface area contributed by atoms with Gasteiger partial charge in [0.15, 0.2) is 0 Å². The summed E-state index contributed by atoms with van der Waals surface area (Å²) in [6.07, 6.45) is 19.0. The topological polar surface area (TPSA) is 50.3 Å². The van der Waals surface area contributed by atoms with Crippen LogP contribution < -0.4 is 15.0 Å². The smallest absolute Gasteiger partial charge is 0.139 e. The SMILES string of the molecule is COc1ccc(CSC2(CCNCC3CCC(/C=C/Cc4nc(N(C)C)c5ccccc5n4)CC3)CCCCC2)cc1. The number of benzene rings is 2. The summed E-state index contributed by atoms with van der Waals surface area (Å²) >= 11 is 2.21. The van der Waals surface area contributed by atoms with Crippen LogP contribution in [0.3, 0.4) is 0 Å². The van der Waals surface area contributed by atoms with E-state index in [1.165, 1.54) is 76.3 Å². The zero-order valence-corrected chi connectivity index (χ0v) is 26.8. The van der Waals surface area contributed by atoms with Crippen LogP contribution in [0.5, 0.6) is 5.75 Å². The normalized spacial score (nSPS) is 20.6. The molecule has 42 heavy (non-hydrogen) atoms. The Morgan fingerprint density at radius 1 is 0.976 bits per heavy atom. The maximum atomic E-state index is 5.34. The molecular formula is C36H50N4OS. The first kappa shape index (κ1) is 30.9. The summed E-state index contributed by atoms with van der Waals surface area (Å²) in [5, 5.41) is 4.99. The van der Waals surface area contributed by atoms with Crippen molar-refractivity contribution in [2.75, 3.05) is 39.2 Å². The van der Waals surface area contributed by atoms with E-state index in [-0.39, 0.29) is 0 Å². The van der Waals surface area contributed by atoms with Crippen molar-refractivity contribution in [3.63, 3.8) is 0 Å². The van der Waals surface area contributed by atoms with Gasteiger partial charge in [-0.05, 0) is 99.7 Å². The standard InChI is InChI=1S/C36H50N4OS/c1-40(2)35-32-11-5-6-12-33(32)38-34(39-35)13-9-10-28-14-16-29(17-15-28)26-37-25-24-36(22-7-4-8-23-36)42-27-30-18-20-31(41-3)21-19-30/h5-6,9-12,18-21,28-29,37H,4,7-8,13-17,22-27H2,1-3H3/b10-9+. The Kier molecular flexibility index (Phi) is 11.2. The zero-order valence-electron chi connectivity index (χ0n) is 26.0. The van der Waals surface area contributed by atoms with Crippen molar-refractivity contribution in [2.45, 2.75) is 81.1 Å². The van der Waals surface area contributed by atoms with Crippen molar-refractivity contribution in [1.29, 1.82) is 0 Å². The fraction of sp³-hybridized carbons (Fsp3) is 0.556. The molecule has 0 atom stereocenters. The van der Waals surface area contributed by atoms with Gasteiger partial charge in [0, 0.05) is 36.4 Å². The van der Waals surface area contributed by atoms with Crippen LogP contribution in [0.25, 0.3) is 10.9 Å². The van der Waals surface area contributed by atoms with Crippen LogP contribution in [0.15, 0.2) is 60.7 Å². The third kappa shape index (κ3) is 8.50. The molecule has 3 aromatic rings. The molecule has 2 saturated carbocycles. The number of thioether (sulfide) groups is 1. The molecule has 0 bridgehead atoms. The summed E-state index contributed by atoms with van der Waals surface area (Å²) < 4.78 is 5.78. The molecule has 226 valence electrons. The number of rotatable bonds is 13. The van der Waals surface area contributed by atoms with Crippen molar-refractivity contribution in [1.82, 2.24) is 15.3 Å². The fourth-order valence-corrected chi connectivity index (χ4v) is 8.22. The first-order valence-corrected chi connectivity index (χ1v) is 17.1. The van der Waals surface area contributed by atoms with Gasteiger partial charge in [-0.25, -0.2) is 9.97 Å². The number of methoxy groups -OCH3 is 1. The molecule has 2 fully saturated rings. The van der Waals surface area contributed by atoms with Crippen LogP contribution in [0, 0.1) is 11.8 Å². The lowest BCUT2D eigenvalue weighted by Crippen LogP contribution is -2.34. The molecule has 2 aliphatic carbocycles. The fourth-order valence-electron chi connectivity index (χ4n) is 6.73. The van der Waals surface area contributed by atoms with Crippen LogP contribution in [0.2, 0.25) is 0 Å². The minimum atomic E-state index is 0.440. The first-order valence-electron chi connectivity index (χ1n) is 16.1. The van der Waals surface area contributed by atoms with Crippen molar-refractivity contribution in [2.24, 2.45) is 11.8 Å². The van der Waals surface area contributed by atoms with E-state index in [4.69, 9.17) is 14.7 Å². The molecule has 6 heteroatoms. The lowest BCUT2D eigenvalue weighted by molar-refractivity contribution is 0.295. The third-order valence-electron chi connectivity index (χ3n) is 9.31. The zero-order chi connectivity index (χ0) is 29.2. The molecule has 0 aliphatic heterocycles. The molecule has 0 amide bonds. The van der Waals surface area contributed by atoms with Gasteiger partial charge in [-0.1, -0.05) is 55.7 Å². The number of hydrogen-bond donors (Lipinski definition) is 1. The van der Waals surface area contributed by atoms with E-state index in [0.29, 0.717) is 10.7 Å². The number of anilines is 1. The number of fused-ring (bicyclic) bond motifs is 1. The highest BCUT2D eigenvalue weighted by Gasteiger charge is 2.32. The van der Waals surface area contributed by atoms with Gasteiger partial charge in [-0.15, -0.1) is 0 Å². The number of aromatic nitrogens is 2. The summed E-state index contributed by atoms with van der Waals surface area (Å²) in [6.45, 7) is 2.32. The lowest BCUT2D eigenvalue weighted by atomic mass is 9.81. The second-order valence-corrected chi connectivity index (χ2v) is 14.1. The Bertz CT molecular complexity index is 1280. The average molecular weight is 587 g/mol. The highest BCUT2D eigenvalue weighted by Crippen LogP contribution is 2.44. The van der Waals surface area contributed by atoms with Crippen molar-refractivity contribution in [3.8, 4) is 5.75 Å². The second kappa shape index (κ2) is 15.2. The van der Waals surface area contributed by atoms with E-state index in [9.17, 15) is 0 Å². The van der Waals surface area contributed by atoms with Gasteiger partial charge >= 0.3 is 0 Å². The molecule has 0 unspecified atom stereocenters. The number of ether oxygens (including phenoxy) is 1. The van der Waals surface area contributed by atoms with Crippen LogP contribution >= 0.6 is 11.8 Å². The monoisotopic (exact) mass is 586 g/mol. The maximum absolute atomic E-state index is 5.34. The van der Waals surface area contributed by atoms with E-state index in [1.807, 2.05) is 0 Å². The van der Waals surface area contributed by atoms with Gasteiger partial charge in [0.05, 0.1) is 12.6 Å². The van der Waals surface area contributed by atoms with E-state index in [1.54, 1.807) is 7.11 Å². The van der Waals surface area contributed by atoms with E-state index >= 15 is 0 Å². The number of nitrogens with zero attached hydrogens (tertiary/aromatic N) is 3. The van der Waals surface area contributed by atoms with Crippen LogP contribution in [-0.4, -0.2) is 49.0 Å². The van der Waals surface area contributed by atoms with Gasteiger partial charge in [-0.3, -0.25) is 0 Å². The van der Waals surface area contributed by atoms with Crippen LogP contribution in [-0.2, 0) is 12.2 Å². The second-order valence-electron chi connectivity index (χ2n) is 12.6. The summed E-state index contributed by atoms with van der Waals surface area (Å²) in [5.41, 5.74) is 2.44. The summed E-state index contributed by atoms with van der Waals surface area (Å²) in [4.78, 5) is 11.8. The molecule has 5 rings (SSSR count). The molecule has 0 radical (unpaired) electrons. The summed E-state index contributed by atoms with van der Waals surface area (Å²) in [5.74, 6) is 5.46. The molecule has 1 N–H and O–H groups in total. The maximum Gasteiger partial charge on any atom is 0.139 e. The van der Waals surface area contributed by atoms with Gasteiger partial charge in [0.25, 0.3) is 0 Å². The Morgan fingerprint density at radius 2 is 1.74 bits per heavy atom. The largest absolute Gasteiger partial charge is 0.497 e. The molecule has 1 aromatic heterocycles. The minimum Gasteiger partial charge on any atom is -0.497 e. The highest BCUT2D eigenvalue weighted by atomic mass is 32.2. The van der Waals surface area contributed by atoms with Crippen LogP contribution in [0.1, 0.15) is 75.6 Å². The van der Waals surface area contributed by atoms with Crippen molar-refractivity contribution in [3.05, 3.63) is 72.1 Å². The molecular weight excluding hydrogens is 536 g/mol. The van der Waals surface area contributed by atoms with Crippen LogP contribution in [0.4, 0.5) is 5.82 Å². The number of hydrogen-bond acceptors (Lipinski definition) is 6. The van der Waals surface area contributed by atoms with Gasteiger partial charge in [0.1, 0.15) is 17.4 Å². The number of nitrogens with one attached hydrogen (secondary N) is 1. The Balaban J connectivity index is 1.03. The third-order valence-corrected chi connectivity index (χ3v) is 11.0. The number of para-hydroxylation sites is 1. The van der Waals surface area contributed by atoms with E-state index in [2.05, 4.69) is 96.8 Å². The predicted molar refractivity (Wildman–Crippen MR) is 180 cm³/mol. The molecule has 0 spiro atoms. The van der Waals surface area contributed by atoms with E-state index < -0.39 is 0 Å². The van der Waals surface area contributed by atoms with Gasteiger partial charge < -0.3 is 15.0 Å². The number of allylic oxidation sites excluding steroid dienone is 2. The molecule has 5 nitrogen and oxygen atoms in total. The quantitative estimate of drug-likeness (QED) is 0.161. The van der Waals surface area contributed by atoms with Crippen molar-refractivity contribution >= 4 is 28.5 Å². The minimum absolute atomic E-state index is 0.440. The summed E-state index contributed by atoms with van der Waals surface area (Å²) in [7, 11) is 5.85. The molecule has 2 aliphatic rings. The van der Waals surface area contributed by atoms with E-state index in [0.717, 1.165) is 52.9 Å².